The first kappa shape index (κ1) is 7.53. The summed E-state index contributed by atoms with van der Waals surface area (Å²) in [7, 11) is 0. The summed E-state index contributed by atoms with van der Waals surface area (Å²) in [6.45, 7) is 2.19. The maximum Gasteiger partial charge on any atom is 0.178 e. The zero-order chi connectivity index (χ0) is 8.60. The van der Waals surface area contributed by atoms with Crippen LogP contribution in [0.4, 0.5) is 0 Å². The lowest BCUT2D eigenvalue weighted by Crippen LogP contribution is -2.21. The highest BCUT2D eigenvalue weighted by Crippen LogP contribution is 2.39. The van der Waals surface area contributed by atoms with E-state index < -0.39 is 0 Å². The fraction of sp³-hybridized carbons (Fsp3) is 0.364. The monoisotopic (exact) mass is 160 g/mol. The molecule has 2 rings (SSSR count). The van der Waals surface area contributed by atoms with E-state index >= 15 is 0 Å². The van der Waals surface area contributed by atoms with Crippen molar-refractivity contribution in [3.05, 3.63) is 36.0 Å². The van der Waals surface area contributed by atoms with Crippen molar-refractivity contribution < 1.29 is 4.79 Å². The van der Waals surface area contributed by atoms with Gasteiger partial charge in [-0.25, -0.2) is 0 Å². The SMILES string of the molecule is CC12C=CC(=O)C=C1C=CCC2. The molecule has 0 amide bonds. The maximum absolute atomic E-state index is 11.1. The van der Waals surface area contributed by atoms with E-state index in [1.54, 1.807) is 12.2 Å². The summed E-state index contributed by atoms with van der Waals surface area (Å²) >= 11 is 0. The predicted octanol–water partition coefficient (Wildman–Crippen LogP) is 2.41. The van der Waals surface area contributed by atoms with Gasteiger partial charge in [0.25, 0.3) is 0 Å². The molecule has 0 N–H and O–H groups in total. The van der Waals surface area contributed by atoms with Gasteiger partial charge >= 0.3 is 0 Å². The average molecular weight is 160 g/mol. The molecule has 2 aliphatic rings. The Balaban J connectivity index is 2.45. The average Bonchev–Trinajstić information content (AvgIpc) is 2.06. The van der Waals surface area contributed by atoms with Crippen LogP contribution >= 0.6 is 0 Å². The molecule has 2 aliphatic carbocycles. The molecule has 0 aromatic carbocycles. The second-order valence-corrected chi connectivity index (χ2v) is 3.69. The Morgan fingerprint density at radius 3 is 3.08 bits per heavy atom. The van der Waals surface area contributed by atoms with Gasteiger partial charge in [0.2, 0.25) is 0 Å². The van der Waals surface area contributed by atoms with Crippen LogP contribution in [0.25, 0.3) is 0 Å². The second kappa shape index (κ2) is 2.44. The molecule has 0 saturated carbocycles. The molecule has 1 nitrogen and oxygen atoms in total. The number of fused-ring (bicyclic) bond motifs is 1. The van der Waals surface area contributed by atoms with Crippen LogP contribution in [0.5, 0.6) is 0 Å². The van der Waals surface area contributed by atoms with E-state index in [4.69, 9.17) is 0 Å². The van der Waals surface area contributed by atoms with Crippen LogP contribution in [0.15, 0.2) is 36.0 Å². The van der Waals surface area contributed by atoms with Gasteiger partial charge in [0.15, 0.2) is 5.78 Å². The zero-order valence-corrected chi connectivity index (χ0v) is 7.21. The number of carbonyl (C=O) groups excluding carboxylic acids is 1. The minimum absolute atomic E-state index is 0.119. The van der Waals surface area contributed by atoms with Crippen molar-refractivity contribution in [1.82, 2.24) is 0 Å². The predicted molar refractivity (Wildman–Crippen MR) is 48.7 cm³/mol. The van der Waals surface area contributed by atoms with Gasteiger partial charge < -0.3 is 0 Å². The molecule has 62 valence electrons. The third-order valence-corrected chi connectivity index (χ3v) is 2.70. The molecule has 12 heavy (non-hydrogen) atoms. The summed E-state index contributed by atoms with van der Waals surface area (Å²) < 4.78 is 0. The summed E-state index contributed by atoms with van der Waals surface area (Å²) in [5, 5.41) is 0. The summed E-state index contributed by atoms with van der Waals surface area (Å²) in [4.78, 5) is 11.1. The van der Waals surface area contributed by atoms with Crippen LogP contribution in [-0.4, -0.2) is 5.78 Å². The van der Waals surface area contributed by atoms with Crippen molar-refractivity contribution in [3.8, 4) is 0 Å². The van der Waals surface area contributed by atoms with Crippen LogP contribution in [-0.2, 0) is 4.79 Å². The lowest BCUT2D eigenvalue weighted by Gasteiger charge is -2.32. The fourth-order valence-electron chi connectivity index (χ4n) is 1.79. The second-order valence-electron chi connectivity index (χ2n) is 3.69. The van der Waals surface area contributed by atoms with Crippen molar-refractivity contribution in [2.24, 2.45) is 5.41 Å². The van der Waals surface area contributed by atoms with Crippen LogP contribution in [0.2, 0.25) is 0 Å². The van der Waals surface area contributed by atoms with Gasteiger partial charge in [-0.3, -0.25) is 4.79 Å². The van der Waals surface area contributed by atoms with E-state index in [2.05, 4.69) is 19.1 Å². The van der Waals surface area contributed by atoms with Crippen molar-refractivity contribution >= 4 is 5.78 Å². The minimum atomic E-state index is 0.119. The molecule has 0 saturated heterocycles. The molecular formula is C11H12O. The summed E-state index contributed by atoms with van der Waals surface area (Å²) in [6.07, 6.45) is 11.9. The van der Waals surface area contributed by atoms with Gasteiger partial charge in [-0.15, -0.1) is 0 Å². The van der Waals surface area contributed by atoms with Crippen molar-refractivity contribution in [3.63, 3.8) is 0 Å². The minimum Gasteiger partial charge on any atom is -0.290 e. The lowest BCUT2D eigenvalue weighted by molar-refractivity contribution is -0.110. The number of allylic oxidation sites excluding steroid dienone is 6. The Hall–Kier alpha value is -1.11. The van der Waals surface area contributed by atoms with Gasteiger partial charge in [-0.05, 0) is 30.6 Å². The quantitative estimate of drug-likeness (QED) is 0.532. The van der Waals surface area contributed by atoms with Gasteiger partial charge in [-0.1, -0.05) is 25.2 Å². The molecule has 0 aromatic rings. The van der Waals surface area contributed by atoms with E-state index in [1.165, 1.54) is 5.57 Å². The Kier molecular flexibility index (Phi) is 1.53. The Labute approximate surface area is 72.5 Å². The smallest absolute Gasteiger partial charge is 0.178 e. The highest BCUT2D eigenvalue weighted by Gasteiger charge is 2.28. The number of hydrogen-bond donors (Lipinski definition) is 0. The number of rotatable bonds is 0. The first-order valence-electron chi connectivity index (χ1n) is 4.33. The molecule has 0 aliphatic heterocycles. The van der Waals surface area contributed by atoms with Crippen LogP contribution in [0.1, 0.15) is 19.8 Å². The van der Waals surface area contributed by atoms with Gasteiger partial charge in [-0.2, -0.15) is 0 Å². The Morgan fingerprint density at radius 1 is 1.42 bits per heavy atom. The third kappa shape index (κ3) is 1.06. The van der Waals surface area contributed by atoms with E-state index in [9.17, 15) is 4.79 Å². The molecule has 1 heteroatoms. The Bertz CT molecular complexity index is 307. The summed E-state index contributed by atoms with van der Waals surface area (Å²) in [6, 6.07) is 0. The molecule has 0 bridgehead atoms. The molecule has 1 atom stereocenters. The zero-order valence-electron chi connectivity index (χ0n) is 7.21. The maximum atomic E-state index is 11.1. The molecule has 1 unspecified atom stereocenters. The standard InChI is InChI=1S/C11H12O/c1-11-6-3-2-4-9(11)8-10(12)5-7-11/h2,4-5,7-8H,3,6H2,1H3. The van der Waals surface area contributed by atoms with Crippen LogP contribution in [0.3, 0.4) is 0 Å². The molecule has 0 fully saturated rings. The lowest BCUT2D eigenvalue weighted by atomic mass is 9.72. The van der Waals surface area contributed by atoms with E-state index in [0.717, 1.165) is 12.8 Å². The first-order chi connectivity index (χ1) is 5.71. The van der Waals surface area contributed by atoms with Gasteiger partial charge in [0, 0.05) is 5.41 Å². The molecule has 0 radical (unpaired) electrons. The highest BCUT2D eigenvalue weighted by molar-refractivity contribution is 6.01. The number of hydrogen-bond acceptors (Lipinski definition) is 1. The van der Waals surface area contributed by atoms with E-state index in [-0.39, 0.29) is 11.2 Å². The largest absolute Gasteiger partial charge is 0.290 e. The van der Waals surface area contributed by atoms with Gasteiger partial charge in [0.1, 0.15) is 0 Å². The van der Waals surface area contributed by atoms with Crippen LogP contribution in [0, 0.1) is 5.41 Å². The van der Waals surface area contributed by atoms with E-state index in [0.29, 0.717) is 0 Å². The van der Waals surface area contributed by atoms with Crippen molar-refractivity contribution in [2.75, 3.05) is 0 Å². The highest BCUT2D eigenvalue weighted by atomic mass is 16.1. The van der Waals surface area contributed by atoms with Crippen molar-refractivity contribution in [1.29, 1.82) is 0 Å². The Morgan fingerprint density at radius 2 is 2.25 bits per heavy atom. The topological polar surface area (TPSA) is 17.1 Å². The fourth-order valence-corrected chi connectivity index (χ4v) is 1.79. The summed E-state index contributed by atoms with van der Waals surface area (Å²) in [5.41, 5.74) is 1.30. The van der Waals surface area contributed by atoms with Gasteiger partial charge in [0.05, 0.1) is 0 Å². The van der Waals surface area contributed by atoms with E-state index in [1.807, 2.05) is 6.08 Å². The number of carbonyl (C=O) groups is 1. The van der Waals surface area contributed by atoms with Crippen molar-refractivity contribution in [2.45, 2.75) is 19.8 Å². The number of ketones is 1. The molecule has 0 spiro atoms. The molecular weight excluding hydrogens is 148 g/mol. The third-order valence-electron chi connectivity index (χ3n) is 2.70. The summed E-state index contributed by atoms with van der Waals surface area (Å²) in [5.74, 6) is 0.119. The first-order valence-corrected chi connectivity index (χ1v) is 4.33. The normalized spacial score (nSPS) is 33.1. The van der Waals surface area contributed by atoms with Crippen LogP contribution < -0.4 is 0 Å². The molecule has 0 heterocycles. The molecule has 0 aromatic heterocycles.